The molecule has 0 aromatic carbocycles. The first-order valence-corrected chi connectivity index (χ1v) is 12.8. The van der Waals surface area contributed by atoms with Gasteiger partial charge in [0.25, 0.3) is 5.91 Å². The van der Waals surface area contributed by atoms with Crippen molar-refractivity contribution in [3.05, 3.63) is 16.3 Å². The maximum absolute atomic E-state index is 13.1. The molecule has 0 N–H and O–H groups in total. The summed E-state index contributed by atoms with van der Waals surface area (Å²) in [6.07, 6.45) is 5.02. The van der Waals surface area contributed by atoms with Crippen LogP contribution in [-0.2, 0) is 14.8 Å². The number of unbranched alkanes of at least 4 members (excludes halogenated alkanes) is 1. The number of carbonyl (C=O) groups excluding carboxylic acids is 2. The van der Waals surface area contributed by atoms with E-state index in [1.165, 1.54) is 15.6 Å². The van der Waals surface area contributed by atoms with Gasteiger partial charge in [-0.25, -0.2) is 8.42 Å². The van der Waals surface area contributed by atoms with Crippen molar-refractivity contribution >= 4 is 33.2 Å². The lowest BCUT2D eigenvalue weighted by atomic mass is 9.95. The summed E-state index contributed by atoms with van der Waals surface area (Å²) < 4.78 is 27.3. The highest BCUT2D eigenvalue weighted by Gasteiger charge is 2.35. The SMILES string of the molecule is CCCCN(C)C(=O)C1CCN(C(=O)c2sccc2S(=O)(=O)N2CCCC2)CC1. The molecular formula is C20H31N3O4S2. The maximum Gasteiger partial charge on any atom is 0.265 e. The third kappa shape index (κ3) is 4.83. The van der Waals surface area contributed by atoms with E-state index in [1.54, 1.807) is 21.2 Å². The van der Waals surface area contributed by atoms with Crippen LogP contribution in [0.5, 0.6) is 0 Å². The summed E-state index contributed by atoms with van der Waals surface area (Å²) in [5.74, 6) is -0.140. The van der Waals surface area contributed by atoms with Gasteiger partial charge in [-0.3, -0.25) is 9.59 Å². The fraction of sp³-hybridized carbons (Fsp3) is 0.700. The van der Waals surface area contributed by atoms with E-state index in [4.69, 9.17) is 0 Å². The Morgan fingerprint density at radius 3 is 2.45 bits per heavy atom. The fourth-order valence-corrected chi connectivity index (χ4v) is 6.89. The Morgan fingerprint density at radius 1 is 1.17 bits per heavy atom. The first kappa shape index (κ1) is 22.2. The van der Waals surface area contributed by atoms with Crippen LogP contribution in [0.15, 0.2) is 16.3 Å². The molecule has 1 aromatic heterocycles. The molecule has 1 aromatic rings. The molecular weight excluding hydrogens is 410 g/mol. The topological polar surface area (TPSA) is 78.0 Å². The molecule has 3 rings (SSSR count). The Kier molecular flexibility index (Phi) is 7.34. The summed E-state index contributed by atoms with van der Waals surface area (Å²) >= 11 is 1.19. The second kappa shape index (κ2) is 9.57. The van der Waals surface area contributed by atoms with Crippen LogP contribution in [0.2, 0.25) is 0 Å². The highest BCUT2D eigenvalue weighted by Crippen LogP contribution is 2.30. The second-order valence-electron chi connectivity index (χ2n) is 7.90. The van der Waals surface area contributed by atoms with Crippen LogP contribution >= 0.6 is 11.3 Å². The van der Waals surface area contributed by atoms with Crippen molar-refractivity contribution in [3.63, 3.8) is 0 Å². The number of carbonyl (C=O) groups is 2. The van der Waals surface area contributed by atoms with Crippen molar-refractivity contribution in [3.8, 4) is 0 Å². The number of likely N-dealkylation sites (tertiary alicyclic amines) is 1. The Morgan fingerprint density at radius 2 is 1.83 bits per heavy atom. The highest BCUT2D eigenvalue weighted by atomic mass is 32.2. The van der Waals surface area contributed by atoms with E-state index in [0.717, 1.165) is 32.2 Å². The Labute approximate surface area is 177 Å². The third-order valence-corrected chi connectivity index (χ3v) is 8.83. The molecule has 0 radical (unpaired) electrons. The predicted molar refractivity (Wildman–Crippen MR) is 113 cm³/mol. The van der Waals surface area contributed by atoms with E-state index >= 15 is 0 Å². The number of sulfonamides is 1. The van der Waals surface area contributed by atoms with Gasteiger partial charge in [-0.15, -0.1) is 11.3 Å². The lowest BCUT2D eigenvalue weighted by Crippen LogP contribution is -2.43. The molecule has 162 valence electrons. The number of piperidine rings is 1. The van der Waals surface area contributed by atoms with Gasteiger partial charge in [-0.2, -0.15) is 4.31 Å². The van der Waals surface area contributed by atoms with Crippen LogP contribution < -0.4 is 0 Å². The number of amides is 2. The summed E-state index contributed by atoms with van der Waals surface area (Å²) in [5, 5.41) is 1.68. The van der Waals surface area contributed by atoms with Gasteiger partial charge < -0.3 is 9.80 Å². The maximum atomic E-state index is 13.1. The molecule has 2 amide bonds. The molecule has 7 nitrogen and oxygen atoms in total. The molecule has 29 heavy (non-hydrogen) atoms. The Bertz CT molecular complexity index is 823. The average molecular weight is 442 g/mol. The minimum atomic E-state index is -3.62. The summed E-state index contributed by atoms with van der Waals surface area (Å²) in [5.41, 5.74) is 0. The minimum Gasteiger partial charge on any atom is -0.346 e. The molecule has 2 saturated heterocycles. The zero-order valence-electron chi connectivity index (χ0n) is 17.3. The highest BCUT2D eigenvalue weighted by molar-refractivity contribution is 7.89. The van der Waals surface area contributed by atoms with E-state index in [1.807, 2.05) is 7.05 Å². The standard InChI is InChI=1S/C20H31N3O4S2/c1-3-4-10-21(2)19(24)16-7-13-22(14-8-16)20(25)18-17(9-15-28-18)29(26,27)23-11-5-6-12-23/h9,15-16H,3-8,10-14H2,1-2H3. The van der Waals surface area contributed by atoms with E-state index in [9.17, 15) is 18.0 Å². The van der Waals surface area contributed by atoms with Crippen molar-refractivity contribution in [1.82, 2.24) is 14.1 Å². The summed E-state index contributed by atoms with van der Waals surface area (Å²) in [6, 6.07) is 1.55. The van der Waals surface area contributed by atoms with Crippen LogP contribution in [0.4, 0.5) is 0 Å². The third-order valence-electron chi connectivity index (χ3n) is 5.86. The molecule has 2 fully saturated rings. The van der Waals surface area contributed by atoms with Crippen molar-refractivity contribution in [2.75, 3.05) is 39.8 Å². The molecule has 0 bridgehead atoms. The van der Waals surface area contributed by atoms with Crippen LogP contribution in [0.3, 0.4) is 0 Å². The summed E-state index contributed by atoms with van der Waals surface area (Å²) in [6.45, 7) is 4.87. The molecule has 0 unspecified atom stereocenters. The molecule has 0 saturated carbocycles. The monoisotopic (exact) mass is 441 g/mol. The first-order chi connectivity index (χ1) is 13.9. The molecule has 2 aliphatic heterocycles. The lowest BCUT2D eigenvalue weighted by molar-refractivity contribution is -0.135. The summed E-state index contributed by atoms with van der Waals surface area (Å²) in [4.78, 5) is 29.6. The van der Waals surface area contributed by atoms with Gasteiger partial charge in [0.2, 0.25) is 15.9 Å². The van der Waals surface area contributed by atoms with Crippen LogP contribution in [0.1, 0.15) is 55.1 Å². The normalized spacial score (nSPS) is 18.9. The molecule has 9 heteroatoms. The van der Waals surface area contributed by atoms with Crippen LogP contribution in [-0.4, -0.2) is 74.1 Å². The number of rotatable bonds is 7. The molecule has 0 spiro atoms. The van der Waals surface area contributed by atoms with Crippen LogP contribution in [0, 0.1) is 5.92 Å². The van der Waals surface area contributed by atoms with E-state index in [2.05, 4.69) is 6.92 Å². The molecule has 2 aliphatic rings. The van der Waals surface area contributed by atoms with Gasteiger partial charge in [0.1, 0.15) is 9.77 Å². The predicted octanol–water partition coefficient (Wildman–Crippen LogP) is 2.64. The van der Waals surface area contributed by atoms with Crippen LogP contribution in [0.25, 0.3) is 0 Å². The van der Waals surface area contributed by atoms with Crippen molar-refractivity contribution in [2.45, 2.75) is 50.3 Å². The fourth-order valence-electron chi connectivity index (χ4n) is 4.01. The van der Waals surface area contributed by atoms with Gasteiger partial charge in [0.15, 0.2) is 0 Å². The lowest BCUT2D eigenvalue weighted by Gasteiger charge is -2.33. The van der Waals surface area contributed by atoms with Crippen molar-refractivity contribution in [1.29, 1.82) is 0 Å². The number of nitrogens with zero attached hydrogens (tertiary/aromatic N) is 3. The minimum absolute atomic E-state index is 0.0583. The van der Waals surface area contributed by atoms with Gasteiger partial charge in [-0.1, -0.05) is 13.3 Å². The van der Waals surface area contributed by atoms with E-state index < -0.39 is 10.0 Å². The second-order valence-corrected chi connectivity index (χ2v) is 10.7. The van der Waals surface area contributed by atoms with Gasteiger partial charge in [0, 0.05) is 45.7 Å². The van der Waals surface area contributed by atoms with Crippen molar-refractivity contribution in [2.24, 2.45) is 5.92 Å². The Balaban J connectivity index is 1.63. The smallest absolute Gasteiger partial charge is 0.265 e. The number of hydrogen-bond donors (Lipinski definition) is 0. The largest absolute Gasteiger partial charge is 0.346 e. The quantitative estimate of drug-likeness (QED) is 0.652. The van der Waals surface area contributed by atoms with E-state index in [-0.39, 0.29) is 22.6 Å². The van der Waals surface area contributed by atoms with Gasteiger partial charge >= 0.3 is 0 Å². The average Bonchev–Trinajstić information content (AvgIpc) is 3.43. The van der Waals surface area contributed by atoms with Gasteiger partial charge in [-0.05, 0) is 43.6 Å². The Hall–Kier alpha value is -1.45. The van der Waals surface area contributed by atoms with Crippen molar-refractivity contribution < 1.29 is 18.0 Å². The summed E-state index contributed by atoms with van der Waals surface area (Å²) in [7, 11) is -1.77. The molecule has 3 heterocycles. The van der Waals surface area contributed by atoms with Gasteiger partial charge in [0.05, 0.1) is 0 Å². The number of thiophene rings is 1. The first-order valence-electron chi connectivity index (χ1n) is 10.5. The molecule has 0 aliphatic carbocycles. The van der Waals surface area contributed by atoms with E-state index in [0.29, 0.717) is 43.9 Å². The number of hydrogen-bond acceptors (Lipinski definition) is 5. The zero-order chi connectivity index (χ0) is 21.0. The zero-order valence-corrected chi connectivity index (χ0v) is 18.9. The molecule has 0 atom stereocenters.